The van der Waals surface area contributed by atoms with Crippen LogP contribution in [0.4, 0.5) is 10.1 Å². The molecule has 0 saturated carbocycles. The van der Waals surface area contributed by atoms with Gasteiger partial charge in [0.05, 0.1) is 16.3 Å². The molecule has 0 saturated heterocycles. The number of hydrogen-bond donors (Lipinski definition) is 1. The van der Waals surface area contributed by atoms with Crippen molar-refractivity contribution in [3.05, 3.63) is 58.6 Å². The molecule has 94 valence electrons. The number of carbonyl (C=O) groups excluding carboxylic acids is 1. The average molecular weight is 275 g/mol. The maximum Gasteiger partial charge on any atom is 0.256 e. The molecule has 2 aromatic rings. The van der Waals surface area contributed by atoms with E-state index in [1.54, 1.807) is 30.6 Å². The minimum Gasteiger partial charge on any atom is -0.321 e. The molecule has 0 radical (unpaired) electrons. The summed E-state index contributed by atoms with van der Waals surface area (Å²) in [5.74, 6) is -0.816. The highest BCUT2D eigenvalue weighted by molar-refractivity contribution is 6.35. The molecule has 0 unspecified atom stereocenters. The van der Waals surface area contributed by atoms with Crippen LogP contribution in [-0.4, -0.2) is 10.9 Å². The fourth-order valence-corrected chi connectivity index (χ4v) is 2.14. The Morgan fingerprint density at radius 1 is 1.32 bits per heavy atom. The normalized spacial score (nSPS) is 15.5. The molecule has 0 spiro atoms. The summed E-state index contributed by atoms with van der Waals surface area (Å²) in [5.41, 5.74) is 1.99. The summed E-state index contributed by atoms with van der Waals surface area (Å²) in [6.07, 6.45) is 4.63. The van der Waals surface area contributed by atoms with Gasteiger partial charge in [0, 0.05) is 23.5 Å². The van der Waals surface area contributed by atoms with Crippen LogP contribution in [0.2, 0.25) is 5.02 Å². The summed E-state index contributed by atoms with van der Waals surface area (Å²) < 4.78 is 13.8. The van der Waals surface area contributed by atoms with E-state index < -0.39 is 5.82 Å². The largest absolute Gasteiger partial charge is 0.321 e. The van der Waals surface area contributed by atoms with Gasteiger partial charge in [-0.05, 0) is 18.2 Å². The molecular weight excluding hydrogens is 267 g/mol. The van der Waals surface area contributed by atoms with Gasteiger partial charge >= 0.3 is 0 Å². The van der Waals surface area contributed by atoms with Crippen LogP contribution in [0.5, 0.6) is 0 Å². The molecule has 1 amide bonds. The van der Waals surface area contributed by atoms with Gasteiger partial charge in [0.2, 0.25) is 0 Å². The van der Waals surface area contributed by atoms with Gasteiger partial charge in [-0.2, -0.15) is 0 Å². The highest BCUT2D eigenvalue weighted by Gasteiger charge is 2.24. The number of halogens is 2. The third kappa shape index (κ3) is 2.00. The molecule has 1 aliphatic rings. The Bertz CT molecular complexity index is 712. The van der Waals surface area contributed by atoms with E-state index in [4.69, 9.17) is 11.6 Å². The quantitative estimate of drug-likeness (QED) is 0.810. The first-order valence-corrected chi connectivity index (χ1v) is 5.96. The fraction of sp³-hybridized carbons (Fsp3) is 0. The van der Waals surface area contributed by atoms with Crippen molar-refractivity contribution in [3.63, 3.8) is 0 Å². The van der Waals surface area contributed by atoms with Crippen LogP contribution in [0.1, 0.15) is 11.1 Å². The van der Waals surface area contributed by atoms with Crippen molar-refractivity contribution in [3.8, 4) is 0 Å². The summed E-state index contributed by atoms with van der Waals surface area (Å²) in [5, 5.41) is 2.73. The first-order valence-electron chi connectivity index (χ1n) is 5.58. The molecule has 0 fully saturated rings. The Morgan fingerprint density at radius 3 is 3.00 bits per heavy atom. The minimum absolute atomic E-state index is 0.0270. The van der Waals surface area contributed by atoms with Crippen molar-refractivity contribution in [2.24, 2.45) is 0 Å². The smallest absolute Gasteiger partial charge is 0.256 e. The van der Waals surface area contributed by atoms with Crippen molar-refractivity contribution >= 4 is 34.8 Å². The number of fused-ring (bicyclic) bond motifs is 1. The maximum absolute atomic E-state index is 13.8. The fourth-order valence-electron chi connectivity index (χ4n) is 1.96. The number of nitrogens with zero attached hydrogens (tertiary/aromatic N) is 1. The average Bonchev–Trinajstić information content (AvgIpc) is 2.72. The van der Waals surface area contributed by atoms with E-state index in [0.29, 0.717) is 16.8 Å². The van der Waals surface area contributed by atoms with E-state index in [1.807, 2.05) is 0 Å². The molecular formula is C14H8ClFN2O. The van der Waals surface area contributed by atoms with E-state index in [2.05, 4.69) is 10.3 Å². The summed E-state index contributed by atoms with van der Waals surface area (Å²) in [6, 6.07) is 6.36. The Labute approximate surface area is 113 Å². The molecule has 0 aliphatic carbocycles. The lowest BCUT2D eigenvalue weighted by Gasteiger charge is -2.01. The molecule has 19 heavy (non-hydrogen) atoms. The van der Waals surface area contributed by atoms with Crippen LogP contribution in [0.25, 0.3) is 11.6 Å². The molecule has 1 aromatic carbocycles. The monoisotopic (exact) mass is 274 g/mol. The third-order valence-electron chi connectivity index (χ3n) is 2.89. The van der Waals surface area contributed by atoms with Crippen molar-refractivity contribution in [2.75, 3.05) is 5.32 Å². The van der Waals surface area contributed by atoms with E-state index >= 15 is 0 Å². The first-order chi connectivity index (χ1) is 9.16. The maximum atomic E-state index is 13.8. The predicted octanol–water partition coefficient (Wildman–Crippen LogP) is 3.37. The lowest BCUT2D eigenvalue weighted by atomic mass is 10.1. The summed E-state index contributed by atoms with van der Waals surface area (Å²) >= 11 is 5.72. The summed E-state index contributed by atoms with van der Waals surface area (Å²) in [7, 11) is 0. The standard InChI is InChI=1S/C14H8ClFN2O/c15-11-3-1-2-8(13(11)16)6-9-10-7-17-5-4-12(10)18-14(9)19/h1-7H,(H,18,19). The topological polar surface area (TPSA) is 42.0 Å². The van der Waals surface area contributed by atoms with Crippen LogP contribution in [-0.2, 0) is 4.79 Å². The molecule has 2 heterocycles. The molecule has 5 heteroatoms. The molecule has 1 aromatic heterocycles. The predicted molar refractivity (Wildman–Crippen MR) is 72.1 cm³/mol. The number of nitrogens with one attached hydrogen (secondary N) is 1. The number of hydrogen-bond acceptors (Lipinski definition) is 2. The number of aromatic nitrogens is 1. The van der Waals surface area contributed by atoms with E-state index in [-0.39, 0.29) is 16.5 Å². The zero-order valence-corrected chi connectivity index (χ0v) is 10.4. The van der Waals surface area contributed by atoms with E-state index in [9.17, 15) is 9.18 Å². The molecule has 1 aliphatic heterocycles. The number of benzene rings is 1. The zero-order chi connectivity index (χ0) is 13.4. The third-order valence-corrected chi connectivity index (χ3v) is 3.18. The van der Waals surface area contributed by atoms with Gasteiger partial charge < -0.3 is 5.32 Å². The van der Waals surface area contributed by atoms with Crippen molar-refractivity contribution in [2.45, 2.75) is 0 Å². The molecule has 3 nitrogen and oxygen atoms in total. The summed E-state index contributed by atoms with van der Waals surface area (Å²) in [6.45, 7) is 0. The van der Waals surface area contributed by atoms with Crippen LogP contribution < -0.4 is 5.32 Å². The first kappa shape index (κ1) is 11.9. The van der Waals surface area contributed by atoms with Gasteiger partial charge in [-0.15, -0.1) is 0 Å². The number of anilines is 1. The van der Waals surface area contributed by atoms with Gasteiger partial charge in [0.15, 0.2) is 0 Å². The molecule has 1 N–H and O–H groups in total. The van der Waals surface area contributed by atoms with E-state index in [1.165, 1.54) is 12.1 Å². The number of rotatable bonds is 1. The lowest BCUT2D eigenvalue weighted by Crippen LogP contribution is -2.03. The van der Waals surface area contributed by atoms with Gasteiger partial charge in [-0.3, -0.25) is 9.78 Å². The van der Waals surface area contributed by atoms with Crippen LogP contribution in [0.15, 0.2) is 36.7 Å². The van der Waals surface area contributed by atoms with Crippen LogP contribution in [0, 0.1) is 5.82 Å². The van der Waals surface area contributed by atoms with Gasteiger partial charge in [-0.1, -0.05) is 23.7 Å². The highest BCUT2D eigenvalue weighted by atomic mass is 35.5. The second-order valence-electron chi connectivity index (χ2n) is 4.08. The van der Waals surface area contributed by atoms with Crippen molar-refractivity contribution < 1.29 is 9.18 Å². The number of carbonyl (C=O) groups is 1. The van der Waals surface area contributed by atoms with Gasteiger partial charge in [0.1, 0.15) is 5.82 Å². The molecule has 0 bridgehead atoms. The second kappa shape index (κ2) is 4.48. The van der Waals surface area contributed by atoms with E-state index in [0.717, 1.165) is 0 Å². The van der Waals surface area contributed by atoms with Crippen LogP contribution >= 0.6 is 11.6 Å². The Balaban J connectivity index is 2.14. The van der Waals surface area contributed by atoms with Gasteiger partial charge in [-0.25, -0.2) is 4.39 Å². The number of amides is 1. The Hall–Kier alpha value is -2.20. The highest BCUT2D eigenvalue weighted by Crippen LogP contribution is 2.32. The second-order valence-corrected chi connectivity index (χ2v) is 4.48. The summed E-state index contributed by atoms with van der Waals surface area (Å²) in [4.78, 5) is 15.8. The minimum atomic E-state index is -0.540. The van der Waals surface area contributed by atoms with Crippen molar-refractivity contribution in [1.82, 2.24) is 4.98 Å². The molecule has 0 atom stereocenters. The Morgan fingerprint density at radius 2 is 2.16 bits per heavy atom. The van der Waals surface area contributed by atoms with Gasteiger partial charge in [0.25, 0.3) is 5.91 Å². The van der Waals surface area contributed by atoms with Crippen molar-refractivity contribution in [1.29, 1.82) is 0 Å². The molecule has 3 rings (SSSR count). The SMILES string of the molecule is O=C1Nc2ccncc2C1=Cc1cccc(Cl)c1F. The lowest BCUT2D eigenvalue weighted by molar-refractivity contribution is -0.110. The van der Waals surface area contributed by atoms with Crippen LogP contribution in [0.3, 0.4) is 0 Å². The Kier molecular flexibility index (Phi) is 2.80. The number of pyridine rings is 1. The zero-order valence-electron chi connectivity index (χ0n) is 9.65.